The molecule has 0 aliphatic carbocycles. The van der Waals surface area contributed by atoms with Gasteiger partial charge in [-0.2, -0.15) is 0 Å². The zero-order valence-electron chi connectivity index (χ0n) is 15.8. The van der Waals surface area contributed by atoms with Crippen LogP contribution in [0, 0.1) is 6.92 Å². The van der Waals surface area contributed by atoms with Gasteiger partial charge in [0.25, 0.3) is 0 Å². The van der Waals surface area contributed by atoms with Gasteiger partial charge in [-0.05, 0) is 40.5 Å². The summed E-state index contributed by atoms with van der Waals surface area (Å²) in [6, 6.07) is -0.0610. The van der Waals surface area contributed by atoms with Gasteiger partial charge in [0.2, 0.25) is 0 Å². The molecule has 148 valence electrons. The first-order valence-electron chi connectivity index (χ1n) is 8.86. The van der Waals surface area contributed by atoms with Crippen molar-refractivity contribution in [2.45, 2.75) is 52.7 Å². The van der Waals surface area contributed by atoms with E-state index in [2.05, 4.69) is 20.6 Å². The number of guanidine groups is 1. The lowest BCUT2D eigenvalue weighted by atomic mass is 10.2. The van der Waals surface area contributed by atoms with Crippen molar-refractivity contribution < 1.29 is 14.3 Å². The number of aromatic nitrogens is 1. The van der Waals surface area contributed by atoms with E-state index in [-0.39, 0.29) is 42.1 Å². The Balaban J connectivity index is 0.00000338. The van der Waals surface area contributed by atoms with Gasteiger partial charge < -0.3 is 20.1 Å². The van der Waals surface area contributed by atoms with Crippen LogP contribution in [-0.4, -0.2) is 49.3 Å². The summed E-state index contributed by atoms with van der Waals surface area (Å²) in [5, 5.41) is 7.43. The van der Waals surface area contributed by atoms with Crippen LogP contribution < -0.4 is 10.6 Å². The highest BCUT2D eigenvalue weighted by atomic mass is 127. The second kappa shape index (κ2) is 11.7. The molecule has 26 heavy (non-hydrogen) atoms. The highest BCUT2D eigenvalue weighted by molar-refractivity contribution is 14.0. The Labute approximate surface area is 176 Å². The number of aryl methyl sites for hydroxylation is 1. The van der Waals surface area contributed by atoms with Crippen LogP contribution in [0.3, 0.4) is 0 Å². The maximum absolute atomic E-state index is 12.0. The van der Waals surface area contributed by atoms with E-state index in [1.807, 2.05) is 20.8 Å². The summed E-state index contributed by atoms with van der Waals surface area (Å²) in [4.78, 5) is 21.6. The van der Waals surface area contributed by atoms with Crippen LogP contribution in [0.15, 0.2) is 4.99 Å². The fraction of sp³-hybridized carbons (Fsp3) is 0.706. The van der Waals surface area contributed by atoms with E-state index in [0.29, 0.717) is 23.7 Å². The summed E-state index contributed by atoms with van der Waals surface area (Å²) >= 11 is 1.36. The van der Waals surface area contributed by atoms with Crippen LogP contribution in [0.5, 0.6) is 0 Å². The first-order valence-corrected chi connectivity index (χ1v) is 9.67. The molecule has 1 aliphatic heterocycles. The van der Waals surface area contributed by atoms with Crippen LogP contribution in [0.1, 0.15) is 60.0 Å². The number of carbonyl (C=O) groups is 1. The average Bonchev–Trinajstić information content (AvgIpc) is 3.22. The Bertz CT molecular complexity index is 603. The third-order valence-corrected chi connectivity index (χ3v) is 5.14. The summed E-state index contributed by atoms with van der Waals surface area (Å²) < 4.78 is 10.7. The monoisotopic (exact) mass is 496 g/mol. The zero-order valence-corrected chi connectivity index (χ0v) is 19.0. The number of hydrogen-bond acceptors (Lipinski definition) is 6. The molecule has 0 radical (unpaired) electrons. The molecule has 0 saturated carbocycles. The third kappa shape index (κ3) is 6.66. The smallest absolute Gasteiger partial charge is 0.350 e. The average molecular weight is 496 g/mol. The first kappa shape index (κ1) is 23.1. The van der Waals surface area contributed by atoms with Crippen molar-refractivity contribution in [2.24, 2.45) is 4.99 Å². The molecule has 1 aromatic rings. The van der Waals surface area contributed by atoms with E-state index in [1.54, 1.807) is 6.92 Å². The van der Waals surface area contributed by atoms with Crippen LogP contribution in [0.25, 0.3) is 0 Å². The van der Waals surface area contributed by atoms with E-state index < -0.39 is 0 Å². The van der Waals surface area contributed by atoms with Gasteiger partial charge in [0.15, 0.2) is 5.96 Å². The van der Waals surface area contributed by atoms with Crippen LogP contribution in [0.4, 0.5) is 0 Å². The number of halogens is 1. The molecule has 7 nitrogen and oxygen atoms in total. The lowest BCUT2D eigenvalue weighted by molar-refractivity contribution is 0.0531. The van der Waals surface area contributed by atoms with Crippen LogP contribution in [0.2, 0.25) is 0 Å². The van der Waals surface area contributed by atoms with Crippen molar-refractivity contribution in [2.75, 3.05) is 26.3 Å². The number of nitrogens with zero attached hydrogens (tertiary/aromatic N) is 2. The van der Waals surface area contributed by atoms with Gasteiger partial charge in [0.05, 0.1) is 31.0 Å². The van der Waals surface area contributed by atoms with E-state index in [4.69, 9.17) is 9.47 Å². The summed E-state index contributed by atoms with van der Waals surface area (Å²) in [7, 11) is 0. The molecule has 0 amide bonds. The largest absolute Gasteiger partial charge is 0.462 e. The fourth-order valence-electron chi connectivity index (χ4n) is 2.56. The predicted molar refractivity (Wildman–Crippen MR) is 115 cm³/mol. The second-order valence-electron chi connectivity index (χ2n) is 5.91. The fourth-order valence-corrected chi connectivity index (χ4v) is 3.52. The van der Waals surface area contributed by atoms with Crippen LogP contribution in [-0.2, 0) is 9.47 Å². The van der Waals surface area contributed by atoms with E-state index in [0.717, 1.165) is 37.0 Å². The molecule has 0 spiro atoms. The molecule has 2 atom stereocenters. The maximum Gasteiger partial charge on any atom is 0.350 e. The summed E-state index contributed by atoms with van der Waals surface area (Å²) in [6.07, 6.45) is 2.38. The minimum absolute atomic E-state index is 0. The topological polar surface area (TPSA) is 84.8 Å². The van der Waals surface area contributed by atoms with Gasteiger partial charge in [-0.25, -0.2) is 9.78 Å². The lowest BCUT2D eigenvalue weighted by Crippen LogP contribution is -2.39. The summed E-state index contributed by atoms with van der Waals surface area (Å²) in [6.45, 7) is 10.3. The Hall–Kier alpha value is -0.940. The van der Waals surface area contributed by atoms with E-state index >= 15 is 0 Å². The molecule has 1 saturated heterocycles. The molecular weight excluding hydrogens is 467 g/mol. The molecule has 2 heterocycles. The molecule has 1 fully saturated rings. The van der Waals surface area contributed by atoms with Crippen molar-refractivity contribution in [1.82, 2.24) is 15.6 Å². The third-order valence-electron chi connectivity index (χ3n) is 3.82. The van der Waals surface area contributed by atoms with E-state index in [1.165, 1.54) is 11.3 Å². The molecule has 2 rings (SSSR count). The minimum Gasteiger partial charge on any atom is -0.462 e. The Morgan fingerprint density at radius 3 is 2.88 bits per heavy atom. The second-order valence-corrected chi connectivity index (χ2v) is 6.94. The molecule has 1 aliphatic rings. The van der Waals surface area contributed by atoms with Gasteiger partial charge in [-0.1, -0.05) is 0 Å². The lowest BCUT2D eigenvalue weighted by Gasteiger charge is -2.16. The van der Waals surface area contributed by atoms with Crippen molar-refractivity contribution in [1.29, 1.82) is 0 Å². The zero-order chi connectivity index (χ0) is 18.2. The number of ether oxygens (including phenoxy) is 2. The van der Waals surface area contributed by atoms with E-state index in [9.17, 15) is 4.79 Å². The molecular formula is C17H29IN4O3S. The van der Waals surface area contributed by atoms with Crippen molar-refractivity contribution in [3.63, 3.8) is 0 Å². The van der Waals surface area contributed by atoms with Gasteiger partial charge >= 0.3 is 5.97 Å². The Morgan fingerprint density at radius 1 is 1.50 bits per heavy atom. The molecule has 0 bridgehead atoms. The van der Waals surface area contributed by atoms with Gasteiger partial charge in [0, 0.05) is 13.2 Å². The van der Waals surface area contributed by atoms with Gasteiger partial charge in [0.1, 0.15) is 9.88 Å². The standard InChI is InChI=1S/C17H28N4O3S.HI/c1-5-18-17(19-10-13-8-7-9-24-13)21-12(4)15-20-11(3)14(25-15)16(22)23-6-2;/h12-13H,5-10H2,1-4H3,(H2,18,19,21);1H. The van der Waals surface area contributed by atoms with Crippen LogP contribution >= 0.6 is 35.3 Å². The highest BCUT2D eigenvalue weighted by Gasteiger charge is 2.20. The molecule has 0 aromatic carbocycles. The first-order chi connectivity index (χ1) is 12.0. The quantitative estimate of drug-likeness (QED) is 0.261. The summed E-state index contributed by atoms with van der Waals surface area (Å²) in [5.41, 5.74) is 0.702. The maximum atomic E-state index is 12.0. The molecule has 1 aromatic heterocycles. The predicted octanol–water partition coefficient (Wildman–Crippen LogP) is 3.04. The van der Waals surface area contributed by atoms with Crippen molar-refractivity contribution in [3.8, 4) is 0 Å². The van der Waals surface area contributed by atoms with Crippen molar-refractivity contribution in [3.05, 3.63) is 15.6 Å². The Kier molecular flexibility index (Phi) is 10.4. The molecule has 2 unspecified atom stereocenters. The van der Waals surface area contributed by atoms with Gasteiger partial charge in [-0.3, -0.25) is 4.99 Å². The number of thiazole rings is 1. The number of nitrogens with one attached hydrogen (secondary N) is 2. The highest BCUT2D eigenvalue weighted by Crippen LogP contribution is 2.24. The number of carbonyl (C=O) groups excluding carboxylic acids is 1. The van der Waals surface area contributed by atoms with Gasteiger partial charge in [-0.15, -0.1) is 35.3 Å². The van der Waals surface area contributed by atoms with Crippen molar-refractivity contribution >= 4 is 47.2 Å². The SMILES string of the molecule is CCNC(=NCC1CCCO1)NC(C)c1nc(C)c(C(=O)OCC)s1.I. The number of rotatable bonds is 7. The molecule has 2 N–H and O–H groups in total. The minimum atomic E-state index is -0.310. The molecule has 9 heteroatoms. The summed E-state index contributed by atoms with van der Waals surface area (Å²) in [5.74, 6) is 0.422. The Morgan fingerprint density at radius 2 is 2.27 bits per heavy atom. The number of hydrogen-bond donors (Lipinski definition) is 2. The number of esters is 1. The number of aliphatic imine (C=N–C) groups is 1. The normalized spacial score (nSPS) is 18.2.